The van der Waals surface area contributed by atoms with Gasteiger partial charge in [0, 0.05) is 13.0 Å². The van der Waals surface area contributed by atoms with E-state index in [0.717, 1.165) is 25.7 Å². The van der Waals surface area contributed by atoms with Crippen molar-refractivity contribution in [2.24, 2.45) is 0 Å². The maximum Gasteiger partial charge on any atom is 0.306 e. The van der Waals surface area contributed by atoms with Crippen LogP contribution >= 0.6 is 0 Å². The lowest BCUT2D eigenvalue weighted by Crippen LogP contribution is -2.27. The number of aliphatic hydroxyl groups is 1. The number of allylic oxidation sites excluding steroid dienone is 4. The van der Waals surface area contributed by atoms with Crippen LogP contribution in [0.3, 0.4) is 0 Å². The molecule has 0 rings (SSSR count). The van der Waals surface area contributed by atoms with E-state index in [-0.39, 0.29) is 12.6 Å². The molecule has 266 valence electrons. The summed E-state index contributed by atoms with van der Waals surface area (Å²) in [5.41, 5.74) is 0. The first kappa shape index (κ1) is 43.9. The van der Waals surface area contributed by atoms with Gasteiger partial charge in [0.25, 0.3) is 0 Å². The van der Waals surface area contributed by atoms with Crippen LogP contribution in [0, 0.1) is 0 Å². The third kappa shape index (κ3) is 37.2. The van der Waals surface area contributed by atoms with Gasteiger partial charge in [-0.05, 0) is 44.9 Å². The molecule has 0 spiro atoms. The molecule has 45 heavy (non-hydrogen) atoms. The number of rotatable bonds is 37. The molecular weight excluding hydrogens is 556 g/mol. The Kier molecular flexibility index (Phi) is 38.1. The lowest BCUT2D eigenvalue weighted by atomic mass is 10.0. The summed E-state index contributed by atoms with van der Waals surface area (Å²) < 4.78 is 11.1. The van der Waals surface area contributed by atoms with E-state index in [4.69, 9.17) is 9.47 Å². The molecule has 0 aliphatic carbocycles. The van der Waals surface area contributed by atoms with E-state index in [2.05, 4.69) is 38.2 Å². The fraction of sp³-hybridized carbons (Fsp3) is 0.878. The molecule has 1 unspecified atom stereocenters. The van der Waals surface area contributed by atoms with Crippen molar-refractivity contribution in [2.45, 2.75) is 213 Å². The first-order valence-corrected chi connectivity index (χ1v) is 19.9. The van der Waals surface area contributed by atoms with Crippen LogP contribution in [0.4, 0.5) is 0 Å². The predicted molar refractivity (Wildman–Crippen MR) is 196 cm³/mol. The number of hydrogen-bond donors (Lipinski definition) is 1. The molecule has 0 bridgehead atoms. The predicted octanol–water partition coefficient (Wildman–Crippen LogP) is 12.8. The zero-order chi connectivity index (χ0) is 32.7. The van der Waals surface area contributed by atoms with Gasteiger partial charge in [-0.1, -0.05) is 179 Å². The van der Waals surface area contributed by atoms with Crippen LogP contribution in [-0.4, -0.2) is 37.0 Å². The van der Waals surface area contributed by atoms with Crippen LogP contribution in [-0.2, 0) is 14.3 Å². The number of aliphatic hydroxyl groups excluding tert-OH is 1. The molecule has 0 aromatic heterocycles. The lowest BCUT2D eigenvalue weighted by Gasteiger charge is -2.16. The lowest BCUT2D eigenvalue weighted by molar-refractivity contribution is -0.154. The first-order valence-electron chi connectivity index (χ1n) is 19.9. The van der Waals surface area contributed by atoms with Crippen molar-refractivity contribution >= 4 is 5.97 Å². The summed E-state index contributed by atoms with van der Waals surface area (Å²) >= 11 is 0. The van der Waals surface area contributed by atoms with Gasteiger partial charge in [-0.25, -0.2) is 0 Å². The highest BCUT2D eigenvalue weighted by Gasteiger charge is 2.13. The van der Waals surface area contributed by atoms with Crippen LogP contribution in [0.2, 0.25) is 0 Å². The van der Waals surface area contributed by atoms with Crippen LogP contribution < -0.4 is 0 Å². The highest BCUT2D eigenvalue weighted by atomic mass is 16.6. The molecule has 4 nitrogen and oxygen atoms in total. The second kappa shape index (κ2) is 39.1. The maximum absolute atomic E-state index is 12.1. The first-order chi connectivity index (χ1) is 22.2. The number of esters is 1. The molecule has 0 aliphatic rings. The third-order valence-corrected chi connectivity index (χ3v) is 8.78. The number of carbonyl (C=O) groups excluding carboxylic acids is 1. The van der Waals surface area contributed by atoms with Gasteiger partial charge in [0.05, 0.1) is 13.2 Å². The molecule has 0 aromatic carbocycles. The third-order valence-electron chi connectivity index (χ3n) is 8.78. The molecule has 0 saturated heterocycles. The van der Waals surface area contributed by atoms with E-state index in [9.17, 15) is 9.90 Å². The Morgan fingerprint density at radius 1 is 0.533 bits per heavy atom. The smallest absolute Gasteiger partial charge is 0.306 e. The fourth-order valence-corrected chi connectivity index (χ4v) is 5.77. The van der Waals surface area contributed by atoms with Gasteiger partial charge >= 0.3 is 5.97 Å². The second-order valence-corrected chi connectivity index (χ2v) is 13.4. The molecule has 0 aromatic rings. The summed E-state index contributed by atoms with van der Waals surface area (Å²) in [7, 11) is 0. The molecule has 1 atom stereocenters. The number of ether oxygens (including phenoxy) is 2. The van der Waals surface area contributed by atoms with Gasteiger partial charge in [-0.2, -0.15) is 0 Å². The number of unbranched alkanes of at least 4 members (excludes halogenated alkanes) is 25. The van der Waals surface area contributed by atoms with Gasteiger partial charge in [-0.15, -0.1) is 0 Å². The van der Waals surface area contributed by atoms with Crippen molar-refractivity contribution in [3.63, 3.8) is 0 Å². The SMILES string of the molecule is CCCCCCC/C=C\C/C=C\CCCCCCCCCCCCCCOCC(CO)OC(=O)CCCCCCCCCCC. The number of hydrogen-bond acceptors (Lipinski definition) is 4. The molecule has 4 heteroatoms. The fourth-order valence-electron chi connectivity index (χ4n) is 5.77. The molecule has 0 radical (unpaired) electrons. The zero-order valence-electron chi connectivity index (χ0n) is 30.4. The molecule has 0 fully saturated rings. The Hall–Kier alpha value is -1.13. The molecule has 0 amide bonds. The monoisotopic (exact) mass is 635 g/mol. The molecular formula is C41H78O4. The molecule has 1 N–H and O–H groups in total. The standard InChI is InChI=1S/C41H78O4/c1-3-5-7-9-11-13-14-15-16-17-18-19-20-21-22-23-24-25-26-27-29-31-33-35-37-44-39-40(38-42)45-41(43)36-34-32-30-28-12-10-8-6-4-2/h14-15,17-18,40,42H,3-13,16,19-39H2,1-2H3/b15-14-,18-17-. The van der Waals surface area contributed by atoms with Crippen molar-refractivity contribution in [3.05, 3.63) is 24.3 Å². The average molecular weight is 635 g/mol. The zero-order valence-corrected chi connectivity index (χ0v) is 30.4. The Labute approximate surface area is 281 Å². The quantitative estimate of drug-likeness (QED) is 0.0420. The van der Waals surface area contributed by atoms with Crippen LogP contribution in [0.1, 0.15) is 206 Å². The van der Waals surface area contributed by atoms with E-state index in [1.54, 1.807) is 0 Å². The van der Waals surface area contributed by atoms with E-state index in [1.807, 2.05) is 0 Å². The van der Waals surface area contributed by atoms with E-state index >= 15 is 0 Å². The Morgan fingerprint density at radius 3 is 1.38 bits per heavy atom. The summed E-state index contributed by atoms with van der Waals surface area (Å²) in [4.78, 5) is 12.1. The van der Waals surface area contributed by atoms with Crippen LogP contribution in [0.25, 0.3) is 0 Å². The molecule has 0 heterocycles. The van der Waals surface area contributed by atoms with Gasteiger partial charge in [0.2, 0.25) is 0 Å². The van der Waals surface area contributed by atoms with E-state index in [1.165, 1.54) is 161 Å². The summed E-state index contributed by atoms with van der Waals surface area (Å²) in [6, 6.07) is 0. The summed E-state index contributed by atoms with van der Waals surface area (Å²) in [5.74, 6) is -0.203. The van der Waals surface area contributed by atoms with Gasteiger partial charge in [0.15, 0.2) is 0 Å². The minimum absolute atomic E-state index is 0.168. The van der Waals surface area contributed by atoms with Crippen molar-refractivity contribution in [2.75, 3.05) is 19.8 Å². The van der Waals surface area contributed by atoms with Crippen LogP contribution in [0.15, 0.2) is 24.3 Å². The van der Waals surface area contributed by atoms with Gasteiger partial charge in [-0.3, -0.25) is 4.79 Å². The van der Waals surface area contributed by atoms with Crippen molar-refractivity contribution in [1.29, 1.82) is 0 Å². The second-order valence-electron chi connectivity index (χ2n) is 13.4. The van der Waals surface area contributed by atoms with Crippen molar-refractivity contribution in [3.8, 4) is 0 Å². The molecule has 0 aliphatic heterocycles. The largest absolute Gasteiger partial charge is 0.457 e. The summed E-state index contributed by atoms with van der Waals surface area (Å²) in [5, 5.41) is 9.54. The van der Waals surface area contributed by atoms with Crippen LogP contribution in [0.5, 0.6) is 0 Å². The maximum atomic E-state index is 12.1. The normalized spacial score (nSPS) is 12.5. The van der Waals surface area contributed by atoms with Crippen molar-refractivity contribution < 1.29 is 19.4 Å². The minimum Gasteiger partial charge on any atom is -0.457 e. The van der Waals surface area contributed by atoms with E-state index < -0.39 is 6.10 Å². The highest BCUT2D eigenvalue weighted by molar-refractivity contribution is 5.69. The highest BCUT2D eigenvalue weighted by Crippen LogP contribution is 2.14. The van der Waals surface area contributed by atoms with Crippen molar-refractivity contribution in [1.82, 2.24) is 0 Å². The summed E-state index contributed by atoms with van der Waals surface area (Å²) in [6.45, 7) is 5.33. The Morgan fingerprint density at radius 2 is 0.933 bits per heavy atom. The van der Waals surface area contributed by atoms with E-state index in [0.29, 0.717) is 19.6 Å². The average Bonchev–Trinajstić information content (AvgIpc) is 3.05. The minimum atomic E-state index is -0.528. The van der Waals surface area contributed by atoms with Gasteiger partial charge < -0.3 is 14.6 Å². The Bertz CT molecular complexity index is 629. The Balaban J connectivity index is 3.36. The number of carbonyl (C=O) groups is 1. The topological polar surface area (TPSA) is 55.8 Å². The van der Waals surface area contributed by atoms with Gasteiger partial charge in [0.1, 0.15) is 6.10 Å². The molecule has 0 saturated carbocycles. The summed E-state index contributed by atoms with van der Waals surface area (Å²) in [6.07, 6.45) is 46.7.